The fourth-order valence-corrected chi connectivity index (χ4v) is 8.99. The van der Waals surface area contributed by atoms with E-state index in [0.29, 0.717) is 23.9 Å². The number of fused-ring (bicyclic) bond motifs is 1. The summed E-state index contributed by atoms with van der Waals surface area (Å²) in [5.74, 6) is 5.82. The summed E-state index contributed by atoms with van der Waals surface area (Å²) >= 11 is 0. The summed E-state index contributed by atoms with van der Waals surface area (Å²) in [6.45, 7) is 8.22. The fraction of sp³-hybridized carbons (Fsp3) is 0.897. The van der Waals surface area contributed by atoms with E-state index in [0.717, 1.165) is 48.8 Å². The molecule has 6 fully saturated rings. The lowest BCUT2D eigenvalue weighted by atomic mass is 9.74. The number of hydrogen-bond donors (Lipinski definition) is 2. The molecule has 4 atom stereocenters. The molecule has 3 N–H and O–H groups in total. The molecule has 0 radical (unpaired) electrons. The van der Waals surface area contributed by atoms with Gasteiger partial charge >= 0.3 is 0 Å². The molecule has 0 bridgehead atoms. The van der Waals surface area contributed by atoms with Crippen LogP contribution in [-0.4, -0.2) is 31.3 Å². The molecule has 0 amide bonds. The predicted octanol–water partition coefficient (Wildman–Crippen LogP) is 10.00. The van der Waals surface area contributed by atoms with Crippen LogP contribution in [0, 0.1) is 41.4 Å². The Labute approximate surface area is 261 Å². The molecule has 242 valence electrons. The largest absolute Gasteiger partial charge is 0.381 e. The fourth-order valence-electron chi connectivity index (χ4n) is 8.99. The van der Waals surface area contributed by atoms with E-state index in [9.17, 15) is 0 Å². The van der Waals surface area contributed by atoms with Crippen LogP contribution in [0.4, 0.5) is 0 Å². The molecule has 5 saturated carbocycles. The summed E-state index contributed by atoms with van der Waals surface area (Å²) in [5.41, 5.74) is 6.31. The van der Waals surface area contributed by atoms with Crippen LogP contribution < -0.4 is 11.1 Å². The first-order valence-corrected chi connectivity index (χ1v) is 19.1. The van der Waals surface area contributed by atoms with E-state index in [1.807, 2.05) is 13.8 Å². The van der Waals surface area contributed by atoms with Crippen molar-refractivity contribution in [2.45, 2.75) is 167 Å². The van der Waals surface area contributed by atoms with Crippen LogP contribution in [0.25, 0.3) is 0 Å². The molecule has 3 nitrogen and oxygen atoms in total. The highest BCUT2D eigenvalue weighted by molar-refractivity contribution is 5.00. The number of nitrogens with one attached hydrogen (secondary N) is 1. The van der Waals surface area contributed by atoms with Crippen molar-refractivity contribution in [1.82, 2.24) is 5.32 Å². The summed E-state index contributed by atoms with van der Waals surface area (Å²) in [6.07, 6.45) is 38.5. The third kappa shape index (κ3) is 11.1. The van der Waals surface area contributed by atoms with Gasteiger partial charge in [0.25, 0.3) is 0 Å². The molecule has 3 heteroatoms. The average Bonchev–Trinajstić information content (AvgIpc) is 3.56. The van der Waals surface area contributed by atoms with Crippen LogP contribution in [0.15, 0.2) is 24.3 Å². The third-order valence-corrected chi connectivity index (χ3v) is 11.9. The highest BCUT2D eigenvalue weighted by Crippen LogP contribution is 2.36. The molecule has 0 aromatic heterocycles. The molecule has 5 aliphatic carbocycles. The van der Waals surface area contributed by atoms with Gasteiger partial charge in [-0.15, -0.1) is 0 Å². The lowest BCUT2D eigenvalue weighted by Crippen LogP contribution is -2.53. The van der Waals surface area contributed by atoms with Gasteiger partial charge in [-0.3, -0.25) is 0 Å². The summed E-state index contributed by atoms with van der Waals surface area (Å²) in [6, 6.07) is 1.73. The molecule has 6 rings (SSSR count). The van der Waals surface area contributed by atoms with Gasteiger partial charge in [-0.25, -0.2) is 0 Å². The zero-order chi connectivity index (χ0) is 29.6. The van der Waals surface area contributed by atoms with E-state index >= 15 is 0 Å². The molecule has 0 aromatic carbocycles. The molecular formula is C39H70N2O. The second-order valence-corrected chi connectivity index (χ2v) is 15.1. The Morgan fingerprint density at radius 2 is 0.976 bits per heavy atom. The number of hydrogen-bond acceptors (Lipinski definition) is 3. The Hall–Kier alpha value is -0.640. The van der Waals surface area contributed by atoms with Crippen molar-refractivity contribution < 1.29 is 4.74 Å². The quantitative estimate of drug-likeness (QED) is 0.306. The Morgan fingerprint density at radius 1 is 0.524 bits per heavy atom. The predicted molar refractivity (Wildman–Crippen MR) is 182 cm³/mol. The van der Waals surface area contributed by atoms with E-state index in [4.69, 9.17) is 10.5 Å². The van der Waals surface area contributed by atoms with Gasteiger partial charge in [-0.05, 0) is 107 Å². The summed E-state index contributed by atoms with van der Waals surface area (Å²) in [7, 11) is 0. The average molecular weight is 583 g/mol. The van der Waals surface area contributed by atoms with Gasteiger partial charge in [0, 0.05) is 30.0 Å². The second-order valence-electron chi connectivity index (χ2n) is 15.1. The Kier molecular flexibility index (Phi) is 15.5. The zero-order valence-electron chi connectivity index (χ0n) is 28.1. The Morgan fingerprint density at radius 3 is 1.50 bits per heavy atom. The molecule has 0 aromatic rings. The van der Waals surface area contributed by atoms with Crippen molar-refractivity contribution in [3.05, 3.63) is 24.3 Å². The minimum absolute atomic E-state index is 0.367. The molecule has 1 aliphatic heterocycles. The van der Waals surface area contributed by atoms with Crippen molar-refractivity contribution in [2.24, 2.45) is 47.2 Å². The standard InChI is InChI=1S/C22H38N2O.C15H26.C2H6/c23-21-12-13-22(20-15-25-14-19(20)21)24-18-10-8-17(9-11-18)7-6-16-4-2-1-3-5-16;1-13-7-9-15(10-8-13)12-11-14-5-3-2-4-6-14;1-2/h6-7,16-22,24H,1-5,8-15,23H2;11-15H,2-10H2,1H3;1-2H3/b7-6+;12-11+;. The van der Waals surface area contributed by atoms with Gasteiger partial charge in [0.05, 0.1) is 13.2 Å². The maximum absolute atomic E-state index is 6.31. The van der Waals surface area contributed by atoms with Gasteiger partial charge < -0.3 is 15.8 Å². The highest BCUT2D eigenvalue weighted by Gasteiger charge is 2.42. The molecule has 42 heavy (non-hydrogen) atoms. The van der Waals surface area contributed by atoms with Crippen molar-refractivity contribution in [3.8, 4) is 0 Å². The lowest BCUT2D eigenvalue weighted by Gasteiger charge is -2.40. The van der Waals surface area contributed by atoms with Crippen molar-refractivity contribution in [2.75, 3.05) is 13.2 Å². The maximum atomic E-state index is 6.31. The summed E-state index contributed by atoms with van der Waals surface area (Å²) in [4.78, 5) is 0. The summed E-state index contributed by atoms with van der Waals surface area (Å²) in [5, 5.41) is 4.02. The van der Waals surface area contributed by atoms with Crippen LogP contribution in [-0.2, 0) is 4.74 Å². The van der Waals surface area contributed by atoms with Crippen LogP contribution in [0.2, 0.25) is 0 Å². The normalized spacial score (nSPS) is 38.4. The van der Waals surface area contributed by atoms with E-state index in [1.54, 1.807) is 0 Å². The maximum Gasteiger partial charge on any atom is 0.0513 e. The second kappa shape index (κ2) is 19.0. The minimum Gasteiger partial charge on any atom is -0.381 e. The first-order valence-electron chi connectivity index (χ1n) is 19.1. The van der Waals surface area contributed by atoms with Gasteiger partial charge in [-0.1, -0.05) is 96.4 Å². The number of rotatable bonds is 6. The topological polar surface area (TPSA) is 47.3 Å². The monoisotopic (exact) mass is 583 g/mol. The van der Waals surface area contributed by atoms with E-state index < -0.39 is 0 Å². The van der Waals surface area contributed by atoms with Crippen molar-refractivity contribution in [1.29, 1.82) is 0 Å². The van der Waals surface area contributed by atoms with Gasteiger partial charge in [0.2, 0.25) is 0 Å². The van der Waals surface area contributed by atoms with Crippen LogP contribution >= 0.6 is 0 Å². The van der Waals surface area contributed by atoms with Crippen LogP contribution in [0.1, 0.15) is 149 Å². The number of ether oxygens (including phenoxy) is 1. The van der Waals surface area contributed by atoms with Crippen molar-refractivity contribution >= 4 is 0 Å². The van der Waals surface area contributed by atoms with Crippen molar-refractivity contribution in [3.63, 3.8) is 0 Å². The molecule has 4 unspecified atom stereocenters. The third-order valence-electron chi connectivity index (χ3n) is 11.9. The van der Waals surface area contributed by atoms with Gasteiger partial charge in [0.15, 0.2) is 0 Å². The molecular weight excluding hydrogens is 512 g/mol. The highest BCUT2D eigenvalue weighted by atomic mass is 16.5. The minimum atomic E-state index is 0.367. The molecule has 1 saturated heterocycles. The van der Waals surface area contributed by atoms with Crippen LogP contribution in [0.5, 0.6) is 0 Å². The molecule has 6 aliphatic rings. The first kappa shape index (κ1) is 34.2. The smallest absolute Gasteiger partial charge is 0.0513 e. The number of nitrogens with two attached hydrogens (primary N) is 1. The zero-order valence-corrected chi connectivity index (χ0v) is 28.1. The Balaban J connectivity index is 0.000000204. The summed E-state index contributed by atoms with van der Waals surface area (Å²) < 4.78 is 5.76. The molecule has 1 heterocycles. The van der Waals surface area contributed by atoms with Crippen LogP contribution in [0.3, 0.4) is 0 Å². The van der Waals surface area contributed by atoms with E-state index in [1.165, 1.54) is 128 Å². The van der Waals surface area contributed by atoms with E-state index in [2.05, 4.69) is 36.5 Å². The lowest BCUT2D eigenvalue weighted by molar-refractivity contribution is 0.164. The number of allylic oxidation sites excluding steroid dienone is 4. The van der Waals surface area contributed by atoms with E-state index in [-0.39, 0.29) is 0 Å². The Bertz CT molecular complexity index is 750. The van der Waals surface area contributed by atoms with Gasteiger partial charge in [0.1, 0.15) is 0 Å². The first-order chi connectivity index (χ1) is 20.6. The van der Waals surface area contributed by atoms with Gasteiger partial charge in [-0.2, -0.15) is 0 Å². The SMILES string of the molecule is CC.CC1CCC(/C=C/C2CCCCC2)CC1.NC1CCC(NC2CCC(/C=C/C3CCCCC3)CC2)C2COCC12. The molecule has 0 spiro atoms.